The molecule has 3 aliphatic rings. The molecule has 0 N–H and O–H groups in total. The Morgan fingerprint density at radius 2 is 1.81 bits per heavy atom. The van der Waals surface area contributed by atoms with Crippen molar-refractivity contribution in [3.63, 3.8) is 0 Å². The van der Waals surface area contributed by atoms with Gasteiger partial charge in [0.05, 0.1) is 0 Å². The van der Waals surface area contributed by atoms with Crippen LogP contribution in [0.3, 0.4) is 0 Å². The van der Waals surface area contributed by atoms with Crippen molar-refractivity contribution in [1.29, 1.82) is 0 Å². The van der Waals surface area contributed by atoms with Gasteiger partial charge in [0, 0.05) is 11.6 Å². The molecule has 0 amide bonds. The van der Waals surface area contributed by atoms with Gasteiger partial charge in [-0.1, -0.05) is 36.5 Å². The molecule has 0 fully saturated rings. The zero-order valence-corrected chi connectivity index (χ0v) is 8.64. The lowest BCUT2D eigenvalue weighted by Crippen LogP contribution is -1.94. The van der Waals surface area contributed by atoms with Gasteiger partial charge in [0.1, 0.15) is 5.76 Å². The van der Waals surface area contributed by atoms with Crippen LogP contribution in [0.2, 0.25) is 0 Å². The Labute approximate surface area is 93.6 Å². The first-order valence-corrected chi connectivity index (χ1v) is 5.21. The molecule has 0 spiro atoms. The Bertz CT molecular complexity index is 537. The molecule has 0 unspecified atom stereocenters. The van der Waals surface area contributed by atoms with Crippen LogP contribution in [0.5, 0.6) is 0 Å². The van der Waals surface area contributed by atoms with Crippen LogP contribution >= 0.6 is 0 Å². The topological polar surface area (TPSA) is 26.3 Å². The number of carbonyl (C=O) groups is 1. The van der Waals surface area contributed by atoms with E-state index in [1.807, 2.05) is 36.5 Å². The lowest BCUT2D eigenvalue weighted by atomic mass is 9.99. The predicted molar refractivity (Wildman–Crippen MR) is 61.3 cm³/mol. The van der Waals surface area contributed by atoms with Crippen LogP contribution in [0.4, 0.5) is 0 Å². The van der Waals surface area contributed by atoms with Crippen molar-refractivity contribution < 1.29 is 9.53 Å². The molecule has 3 rings (SSSR count). The number of ether oxygens (including phenoxy) is 1. The molecule has 0 aromatic rings. The molecule has 1 heterocycles. The van der Waals surface area contributed by atoms with Crippen molar-refractivity contribution in [3.05, 3.63) is 71.1 Å². The predicted octanol–water partition coefficient (Wildman–Crippen LogP) is 2.74. The molecule has 1 aliphatic heterocycles. The molecule has 0 saturated heterocycles. The summed E-state index contributed by atoms with van der Waals surface area (Å²) in [4.78, 5) is 11.2. The van der Waals surface area contributed by atoms with Crippen molar-refractivity contribution in [3.8, 4) is 0 Å². The second-order valence-electron chi connectivity index (χ2n) is 3.91. The molecule has 0 radical (unpaired) electrons. The molecule has 0 atom stereocenters. The van der Waals surface area contributed by atoms with E-state index in [9.17, 15) is 4.79 Å². The molecule has 0 aromatic heterocycles. The van der Waals surface area contributed by atoms with Crippen molar-refractivity contribution in [2.24, 2.45) is 0 Å². The Hall–Kier alpha value is -2.09. The van der Waals surface area contributed by atoms with E-state index in [1.54, 1.807) is 0 Å². The number of allylic oxidation sites excluding steroid dienone is 9. The lowest BCUT2D eigenvalue weighted by Gasteiger charge is -2.08. The van der Waals surface area contributed by atoms with Gasteiger partial charge in [-0.25, -0.2) is 4.79 Å². The van der Waals surface area contributed by atoms with Gasteiger partial charge >= 0.3 is 5.97 Å². The highest BCUT2D eigenvalue weighted by atomic mass is 16.5. The summed E-state index contributed by atoms with van der Waals surface area (Å²) in [6, 6.07) is 0. The molecule has 16 heavy (non-hydrogen) atoms. The van der Waals surface area contributed by atoms with Crippen LogP contribution in [-0.4, -0.2) is 5.97 Å². The highest BCUT2D eigenvalue weighted by Gasteiger charge is 2.19. The van der Waals surface area contributed by atoms with Crippen LogP contribution in [0.1, 0.15) is 6.42 Å². The molecular weight excluding hydrogens is 200 g/mol. The average Bonchev–Trinajstić information content (AvgIpc) is 2.49. The third-order valence-electron chi connectivity index (χ3n) is 2.70. The molecule has 2 nitrogen and oxygen atoms in total. The van der Waals surface area contributed by atoms with E-state index in [0.29, 0.717) is 5.76 Å². The van der Waals surface area contributed by atoms with Gasteiger partial charge in [0.2, 0.25) is 0 Å². The molecule has 78 valence electrons. The van der Waals surface area contributed by atoms with E-state index in [4.69, 9.17) is 4.74 Å². The van der Waals surface area contributed by atoms with Crippen molar-refractivity contribution in [2.75, 3.05) is 0 Å². The zero-order valence-electron chi connectivity index (χ0n) is 8.64. The van der Waals surface area contributed by atoms with Gasteiger partial charge in [0.15, 0.2) is 0 Å². The van der Waals surface area contributed by atoms with Crippen molar-refractivity contribution in [2.45, 2.75) is 6.42 Å². The monoisotopic (exact) mass is 210 g/mol. The standard InChI is InChI=1S/C14H10O2/c15-14-9-12-6-5-10-3-1-2-4-11(7-10)8-13(12)16-14/h1-6,8-9H,7H2. The second-order valence-corrected chi connectivity index (χ2v) is 3.91. The Kier molecular flexibility index (Phi) is 2.00. The maximum absolute atomic E-state index is 11.2. The van der Waals surface area contributed by atoms with Crippen molar-refractivity contribution in [1.82, 2.24) is 0 Å². The minimum atomic E-state index is -0.287. The molecular formula is C14H10O2. The number of hydrogen-bond donors (Lipinski definition) is 0. The van der Waals surface area contributed by atoms with E-state index in [1.165, 1.54) is 11.6 Å². The average molecular weight is 210 g/mol. The highest BCUT2D eigenvalue weighted by molar-refractivity contribution is 5.89. The number of hydrogen-bond acceptors (Lipinski definition) is 2. The summed E-state index contributed by atoms with van der Waals surface area (Å²) in [6.45, 7) is 0. The maximum Gasteiger partial charge on any atom is 0.336 e. The van der Waals surface area contributed by atoms with Crippen LogP contribution in [0.25, 0.3) is 0 Å². The van der Waals surface area contributed by atoms with Crippen LogP contribution in [0.15, 0.2) is 71.1 Å². The Morgan fingerprint density at radius 1 is 1.00 bits per heavy atom. The fourth-order valence-corrected chi connectivity index (χ4v) is 1.93. The number of fused-ring (bicyclic) bond motifs is 3. The van der Waals surface area contributed by atoms with Crippen molar-refractivity contribution >= 4 is 5.97 Å². The highest BCUT2D eigenvalue weighted by Crippen LogP contribution is 2.28. The Morgan fingerprint density at radius 3 is 2.69 bits per heavy atom. The summed E-state index contributed by atoms with van der Waals surface area (Å²) in [6.07, 6.45) is 16.4. The zero-order chi connectivity index (χ0) is 11.0. The van der Waals surface area contributed by atoms with E-state index >= 15 is 0 Å². The van der Waals surface area contributed by atoms with E-state index < -0.39 is 0 Å². The van der Waals surface area contributed by atoms with Crippen LogP contribution < -0.4 is 0 Å². The third-order valence-corrected chi connectivity index (χ3v) is 2.70. The lowest BCUT2D eigenvalue weighted by molar-refractivity contribution is -0.132. The summed E-state index contributed by atoms with van der Waals surface area (Å²) in [5.74, 6) is 0.368. The van der Waals surface area contributed by atoms with Gasteiger partial charge < -0.3 is 4.74 Å². The molecule has 2 bridgehead atoms. The van der Waals surface area contributed by atoms with Gasteiger partial charge in [-0.2, -0.15) is 0 Å². The summed E-state index contributed by atoms with van der Waals surface area (Å²) < 4.78 is 5.13. The summed E-state index contributed by atoms with van der Waals surface area (Å²) in [5.41, 5.74) is 3.24. The SMILES string of the molecule is O=C1C=C2C=CC3=CC=CC=C(C=C2O1)C3. The van der Waals surface area contributed by atoms with Gasteiger partial charge in [-0.15, -0.1) is 0 Å². The first kappa shape index (κ1) is 9.16. The fraction of sp³-hybridized carbons (Fsp3) is 0.0714. The van der Waals surface area contributed by atoms with E-state index in [0.717, 1.165) is 17.6 Å². The van der Waals surface area contributed by atoms with E-state index in [2.05, 4.69) is 6.08 Å². The number of rotatable bonds is 0. The minimum absolute atomic E-state index is 0.287. The summed E-state index contributed by atoms with van der Waals surface area (Å²) in [5, 5.41) is 0. The normalized spacial score (nSPS) is 21.9. The number of carbonyl (C=O) groups excluding carboxylic acids is 1. The quantitative estimate of drug-likeness (QED) is 0.574. The second kappa shape index (κ2) is 3.49. The first-order chi connectivity index (χ1) is 7.81. The Balaban J connectivity index is 2.13. The molecule has 2 heteroatoms. The minimum Gasteiger partial charge on any atom is -0.423 e. The van der Waals surface area contributed by atoms with Crippen LogP contribution in [-0.2, 0) is 9.53 Å². The van der Waals surface area contributed by atoms with Gasteiger partial charge in [-0.05, 0) is 23.6 Å². The maximum atomic E-state index is 11.2. The first-order valence-electron chi connectivity index (χ1n) is 5.21. The summed E-state index contributed by atoms with van der Waals surface area (Å²) >= 11 is 0. The van der Waals surface area contributed by atoms with Gasteiger partial charge in [0.25, 0.3) is 0 Å². The molecule has 0 aromatic carbocycles. The molecule has 2 aliphatic carbocycles. The van der Waals surface area contributed by atoms with Gasteiger partial charge in [-0.3, -0.25) is 0 Å². The summed E-state index contributed by atoms with van der Waals surface area (Å²) in [7, 11) is 0. The smallest absolute Gasteiger partial charge is 0.336 e. The molecule has 0 saturated carbocycles. The van der Waals surface area contributed by atoms with E-state index in [-0.39, 0.29) is 5.97 Å². The number of esters is 1. The fourth-order valence-electron chi connectivity index (χ4n) is 1.93. The third kappa shape index (κ3) is 1.58. The largest absolute Gasteiger partial charge is 0.423 e. The van der Waals surface area contributed by atoms with Crippen LogP contribution in [0, 0.1) is 0 Å².